The third kappa shape index (κ3) is 3.16. The van der Waals surface area contributed by atoms with Crippen molar-refractivity contribution in [2.45, 2.75) is 6.42 Å². The molecule has 0 aliphatic heterocycles. The lowest BCUT2D eigenvalue weighted by atomic mass is 10.1. The molecule has 26 heavy (non-hydrogen) atoms. The van der Waals surface area contributed by atoms with Gasteiger partial charge in [0.2, 0.25) is 4.96 Å². The summed E-state index contributed by atoms with van der Waals surface area (Å²) in [7, 11) is 0. The molecule has 2 heterocycles. The van der Waals surface area contributed by atoms with Crippen LogP contribution in [-0.2, 0) is 6.42 Å². The van der Waals surface area contributed by atoms with E-state index >= 15 is 0 Å². The topological polar surface area (TPSA) is 64.3 Å². The second kappa shape index (κ2) is 6.61. The number of halogens is 1. The fourth-order valence-electron chi connectivity index (χ4n) is 2.59. The minimum Gasteiger partial charge on any atom is -0.266 e. The Morgan fingerprint density at radius 2 is 1.88 bits per heavy atom. The van der Waals surface area contributed by atoms with Gasteiger partial charge in [0.25, 0.3) is 11.1 Å². The number of benzene rings is 2. The fraction of sp³-hybridized carbons (Fsp3) is 0.0526. The van der Waals surface area contributed by atoms with E-state index in [1.165, 1.54) is 12.1 Å². The molecule has 2 aromatic carbocycles. The van der Waals surface area contributed by atoms with Crippen LogP contribution in [-0.4, -0.2) is 14.6 Å². The molecule has 0 amide bonds. The zero-order valence-corrected chi connectivity index (χ0v) is 14.2. The maximum atomic E-state index is 13.3. The molecule has 128 valence electrons. The molecular weight excluding hydrogens is 353 g/mol. The molecule has 0 N–H and O–H groups in total. The van der Waals surface area contributed by atoms with Crippen LogP contribution in [0.2, 0.25) is 0 Å². The van der Waals surface area contributed by atoms with Crippen LogP contribution in [0, 0.1) is 5.82 Å². The first kappa shape index (κ1) is 16.3. The minimum absolute atomic E-state index is 0.209. The summed E-state index contributed by atoms with van der Waals surface area (Å²) in [6, 6.07) is 15.3. The SMILES string of the molecule is O=c1nc2s/c(=C\c3cccc(F)c3)c(=O)n2nc1Cc1ccccc1. The largest absolute Gasteiger partial charge is 0.296 e. The summed E-state index contributed by atoms with van der Waals surface area (Å²) < 4.78 is 14.8. The zero-order valence-electron chi connectivity index (χ0n) is 13.4. The Bertz CT molecular complexity index is 1270. The van der Waals surface area contributed by atoms with Gasteiger partial charge >= 0.3 is 0 Å². The normalized spacial score (nSPS) is 12.0. The average Bonchev–Trinajstić information content (AvgIpc) is 2.91. The van der Waals surface area contributed by atoms with Gasteiger partial charge in [-0.2, -0.15) is 14.6 Å². The quantitative estimate of drug-likeness (QED) is 0.555. The molecule has 2 aromatic heterocycles. The van der Waals surface area contributed by atoms with Crippen LogP contribution >= 0.6 is 11.3 Å². The van der Waals surface area contributed by atoms with E-state index in [1.54, 1.807) is 18.2 Å². The molecule has 0 radical (unpaired) electrons. The molecular formula is C19H12FN3O2S. The maximum absolute atomic E-state index is 13.3. The van der Waals surface area contributed by atoms with E-state index in [0.717, 1.165) is 21.4 Å². The van der Waals surface area contributed by atoms with Crippen molar-refractivity contribution in [2.75, 3.05) is 0 Å². The molecule has 0 unspecified atom stereocenters. The molecule has 0 atom stereocenters. The lowest BCUT2D eigenvalue weighted by Gasteiger charge is -1.99. The Balaban J connectivity index is 1.83. The van der Waals surface area contributed by atoms with Crippen molar-refractivity contribution in [3.05, 3.63) is 102 Å². The number of fused-ring (bicyclic) bond motifs is 1. The van der Waals surface area contributed by atoms with Gasteiger partial charge < -0.3 is 0 Å². The van der Waals surface area contributed by atoms with Gasteiger partial charge in [0.05, 0.1) is 4.53 Å². The van der Waals surface area contributed by atoms with Crippen LogP contribution < -0.4 is 15.7 Å². The number of rotatable bonds is 3. The summed E-state index contributed by atoms with van der Waals surface area (Å²) >= 11 is 1.05. The first-order valence-corrected chi connectivity index (χ1v) is 8.66. The van der Waals surface area contributed by atoms with Crippen LogP contribution in [0.15, 0.2) is 64.2 Å². The van der Waals surface area contributed by atoms with Crippen LogP contribution in [0.5, 0.6) is 0 Å². The summed E-state index contributed by atoms with van der Waals surface area (Å²) in [6.45, 7) is 0. The standard InChI is InChI=1S/C19H12FN3O2S/c20-14-8-4-7-13(9-14)11-16-18(25)23-19(26-16)21-17(24)15(22-23)10-12-5-2-1-3-6-12/h1-9,11H,10H2/b16-11-. The molecule has 0 aliphatic rings. The van der Waals surface area contributed by atoms with Gasteiger partial charge in [0.15, 0.2) is 0 Å². The van der Waals surface area contributed by atoms with E-state index in [2.05, 4.69) is 10.1 Å². The second-order valence-corrected chi connectivity index (χ2v) is 6.70. The highest BCUT2D eigenvalue weighted by Crippen LogP contribution is 2.06. The van der Waals surface area contributed by atoms with Gasteiger partial charge in [-0.3, -0.25) is 9.59 Å². The Morgan fingerprint density at radius 1 is 1.08 bits per heavy atom. The molecule has 4 rings (SSSR count). The van der Waals surface area contributed by atoms with Crippen molar-refractivity contribution in [3.63, 3.8) is 0 Å². The van der Waals surface area contributed by atoms with E-state index in [9.17, 15) is 14.0 Å². The Morgan fingerprint density at radius 3 is 2.65 bits per heavy atom. The smallest absolute Gasteiger partial charge is 0.266 e. The van der Waals surface area contributed by atoms with Crippen molar-refractivity contribution in [3.8, 4) is 0 Å². The van der Waals surface area contributed by atoms with E-state index in [0.29, 0.717) is 16.5 Å². The summed E-state index contributed by atoms with van der Waals surface area (Å²) in [5, 5.41) is 4.19. The highest BCUT2D eigenvalue weighted by molar-refractivity contribution is 7.15. The van der Waals surface area contributed by atoms with Crippen molar-refractivity contribution in [1.29, 1.82) is 0 Å². The van der Waals surface area contributed by atoms with Crippen LogP contribution in [0.1, 0.15) is 16.8 Å². The summed E-state index contributed by atoms with van der Waals surface area (Å²) in [5.74, 6) is -0.386. The molecule has 0 bridgehead atoms. The molecule has 4 aromatic rings. The lowest BCUT2D eigenvalue weighted by Crippen LogP contribution is -2.28. The van der Waals surface area contributed by atoms with Crippen molar-refractivity contribution >= 4 is 22.4 Å². The molecule has 0 spiro atoms. The summed E-state index contributed by atoms with van der Waals surface area (Å²) in [4.78, 5) is 29.0. The second-order valence-electron chi connectivity index (χ2n) is 5.69. The van der Waals surface area contributed by atoms with Crippen LogP contribution in [0.3, 0.4) is 0 Å². The van der Waals surface area contributed by atoms with Gasteiger partial charge in [0.1, 0.15) is 11.5 Å². The highest BCUT2D eigenvalue weighted by Gasteiger charge is 2.11. The van der Waals surface area contributed by atoms with Crippen molar-refractivity contribution < 1.29 is 4.39 Å². The van der Waals surface area contributed by atoms with Crippen molar-refractivity contribution in [1.82, 2.24) is 14.6 Å². The first-order chi connectivity index (χ1) is 12.6. The van der Waals surface area contributed by atoms with Crippen LogP contribution in [0.25, 0.3) is 11.0 Å². The number of hydrogen-bond donors (Lipinski definition) is 0. The minimum atomic E-state index is -0.451. The van der Waals surface area contributed by atoms with Crippen LogP contribution in [0.4, 0.5) is 4.39 Å². The van der Waals surface area contributed by atoms with Gasteiger partial charge in [-0.05, 0) is 29.3 Å². The van der Waals surface area contributed by atoms with E-state index in [4.69, 9.17) is 0 Å². The fourth-order valence-corrected chi connectivity index (χ4v) is 3.49. The Kier molecular flexibility index (Phi) is 4.14. The molecule has 0 saturated heterocycles. The number of aromatic nitrogens is 3. The maximum Gasteiger partial charge on any atom is 0.296 e. The highest BCUT2D eigenvalue weighted by atomic mass is 32.1. The molecule has 0 saturated carbocycles. The van der Waals surface area contributed by atoms with Gasteiger partial charge in [-0.25, -0.2) is 4.39 Å². The average molecular weight is 365 g/mol. The zero-order chi connectivity index (χ0) is 18.1. The molecule has 0 fully saturated rings. The Hall–Kier alpha value is -3.19. The molecule has 7 heteroatoms. The van der Waals surface area contributed by atoms with Gasteiger partial charge in [-0.1, -0.05) is 53.8 Å². The summed E-state index contributed by atoms with van der Waals surface area (Å²) in [6.07, 6.45) is 1.86. The summed E-state index contributed by atoms with van der Waals surface area (Å²) in [5.41, 5.74) is 0.846. The van der Waals surface area contributed by atoms with Gasteiger partial charge in [0, 0.05) is 6.42 Å². The van der Waals surface area contributed by atoms with Gasteiger partial charge in [-0.15, -0.1) is 0 Å². The van der Waals surface area contributed by atoms with E-state index in [1.807, 2.05) is 30.3 Å². The van der Waals surface area contributed by atoms with E-state index < -0.39 is 5.56 Å². The molecule has 0 aliphatic carbocycles. The third-order valence-electron chi connectivity index (χ3n) is 3.81. The monoisotopic (exact) mass is 365 g/mol. The molecule has 5 nitrogen and oxygen atoms in total. The van der Waals surface area contributed by atoms with E-state index in [-0.39, 0.29) is 22.0 Å². The lowest BCUT2D eigenvalue weighted by molar-refractivity contribution is 0.627. The van der Waals surface area contributed by atoms with Crippen molar-refractivity contribution in [2.24, 2.45) is 0 Å². The number of hydrogen-bond acceptors (Lipinski definition) is 5. The third-order valence-corrected chi connectivity index (χ3v) is 4.77. The number of thiazole rings is 1. The predicted molar refractivity (Wildman–Crippen MR) is 97.8 cm³/mol. The Labute approximate surface area is 150 Å². The number of nitrogens with zero attached hydrogens (tertiary/aromatic N) is 3. The predicted octanol–water partition coefficient (Wildman–Crippen LogP) is 1.79. The first-order valence-electron chi connectivity index (χ1n) is 7.84.